The van der Waals surface area contributed by atoms with Crippen LogP contribution in [-0.4, -0.2) is 29.4 Å². The van der Waals surface area contributed by atoms with E-state index in [-0.39, 0.29) is 36.2 Å². The minimum absolute atomic E-state index is 0. The molecule has 1 saturated heterocycles. The molecule has 2 rings (SSSR count). The average Bonchev–Trinajstić information content (AvgIpc) is 2.76. The van der Waals surface area contributed by atoms with Crippen LogP contribution in [0.25, 0.3) is 0 Å². The summed E-state index contributed by atoms with van der Waals surface area (Å²) in [7, 11) is 0. The topological polar surface area (TPSA) is 46.3 Å². The second-order valence-electron chi connectivity index (χ2n) is 5.40. The fourth-order valence-corrected chi connectivity index (χ4v) is 2.70. The van der Waals surface area contributed by atoms with Gasteiger partial charge < -0.3 is 10.6 Å². The molecule has 5 heteroatoms. The van der Waals surface area contributed by atoms with Crippen LogP contribution < -0.4 is 5.73 Å². The quantitative estimate of drug-likeness (QED) is 0.929. The number of likely N-dealkylation sites (tertiary alicyclic amines) is 1. The monoisotopic (exact) mass is 300 g/mol. The van der Waals surface area contributed by atoms with Crippen molar-refractivity contribution in [3.8, 4) is 0 Å². The number of carbonyl (C=O) groups is 1. The number of hydrogen-bond donors (Lipinski definition) is 1. The maximum Gasteiger partial charge on any atom is 0.224 e. The Bertz CT molecular complexity index is 453. The van der Waals surface area contributed by atoms with E-state index in [0.717, 1.165) is 31.4 Å². The van der Waals surface area contributed by atoms with Crippen LogP contribution in [0.15, 0.2) is 24.3 Å². The molecule has 20 heavy (non-hydrogen) atoms. The molecule has 1 aromatic rings. The lowest BCUT2D eigenvalue weighted by Gasteiger charge is -2.25. The molecule has 0 radical (unpaired) electrons. The molecule has 0 bridgehead atoms. The van der Waals surface area contributed by atoms with Gasteiger partial charge in [0.15, 0.2) is 0 Å². The van der Waals surface area contributed by atoms with Gasteiger partial charge in [0.25, 0.3) is 0 Å². The van der Waals surface area contributed by atoms with Crippen LogP contribution in [0.3, 0.4) is 0 Å². The molecule has 112 valence electrons. The van der Waals surface area contributed by atoms with Gasteiger partial charge in [0.1, 0.15) is 5.82 Å². The zero-order valence-corrected chi connectivity index (χ0v) is 12.5. The van der Waals surface area contributed by atoms with Gasteiger partial charge in [-0.15, -0.1) is 12.4 Å². The van der Waals surface area contributed by atoms with E-state index in [2.05, 4.69) is 0 Å². The number of amides is 1. The SMILES string of the molecule is CC(N)CC(=O)N1CCCC1Cc1cccc(F)c1.Cl. The lowest BCUT2D eigenvalue weighted by molar-refractivity contribution is -0.132. The molecule has 0 aliphatic carbocycles. The molecule has 0 spiro atoms. The third-order valence-electron chi connectivity index (χ3n) is 3.55. The molecule has 1 fully saturated rings. The molecule has 1 aromatic carbocycles. The number of nitrogens with zero attached hydrogens (tertiary/aromatic N) is 1. The minimum Gasteiger partial charge on any atom is -0.339 e. The van der Waals surface area contributed by atoms with E-state index in [9.17, 15) is 9.18 Å². The van der Waals surface area contributed by atoms with E-state index in [0.29, 0.717) is 6.42 Å². The van der Waals surface area contributed by atoms with Gasteiger partial charge in [-0.25, -0.2) is 4.39 Å². The molecule has 2 N–H and O–H groups in total. The van der Waals surface area contributed by atoms with Crippen LogP contribution in [0.4, 0.5) is 4.39 Å². The Balaban J connectivity index is 0.00000200. The summed E-state index contributed by atoms with van der Waals surface area (Å²) in [6.07, 6.45) is 3.12. The number of rotatable bonds is 4. The first-order chi connectivity index (χ1) is 9.06. The molecule has 1 heterocycles. The highest BCUT2D eigenvalue weighted by atomic mass is 35.5. The van der Waals surface area contributed by atoms with Gasteiger partial charge in [-0.2, -0.15) is 0 Å². The summed E-state index contributed by atoms with van der Waals surface area (Å²) in [5.41, 5.74) is 6.63. The predicted molar refractivity (Wildman–Crippen MR) is 80.4 cm³/mol. The van der Waals surface area contributed by atoms with E-state index in [1.165, 1.54) is 6.07 Å². The molecule has 0 aromatic heterocycles. The van der Waals surface area contributed by atoms with Crippen molar-refractivity contribution < 1.29 is 9.18 Å². The summed E-state index contributed by atoms with van der Waals surface area (Å²) in [6, 6.07) is 6.70. The Kier molecular flexibility index (Phi) is 6.43. The first kappa shape index (κ1) is 16.9. The smallest absolute Gasteiger partial charge is 0.224 e. The fraction of sp³-hybridized carbons (Fsp3) is 0.533. The number of halogens is 2. The molecule has 1 amide bonds. The maximum absolute atomic E-state index is 13.2. The van der Waals surface area contributed by atoms with Crippen molar-refractivity contribution in [2.75, 3.05) is 6.54 Å². The zero-order valence-electron chi connectivity index (χ0n) is 11.7. The van der Waals surface area contributed by atoms with E-state index >= 15 is 0 Å². The van der Waals surface area contributed by atoms with Gasteiger partial charge in [0.2, 0.25) is 5.91 Å². The molecule has 2 unspecified atom stereocenters. The van der Waals surface area contributed by atoms with Crippen molar-refractivity contribution in [2.45, 2.75) is 44.7 Å². The van der Waals surface area contributed by atoms with Gasteiger partial charge in [0.05, 0.1) is 0 Å². The van der Waals surface area contributed by atoms with E-state index in [1.54, 1.807) is 12.1 Å². The normalized spacial score (nSPS) is 19.6. The van der Waals surface area contributed by atoms with Crippen molar-refractivity contribution in [1.29, 1.82) is 0 Å². The third-order valence-corrected chi connectivity index (χ3v) is 3.55. The van der Waals surface area contributed by atoms with Crippen LogP contribution in [-0.2, 0) is 11.2 Å². The molecule has 3 nitrogen and oxygen atoms in total. The Hall–Kier alpha value is -1.13. The second kappa shape index (κ2) is 7.60. The van der Waals surface area contributed by atoms with Gasteiger partial charge in [-0.05, 0) is 43.9 Å². The predicted octanol–water partition coefficient (Wildman–Crippen LogP) is 2.52. The van der Waals surface area contributed by atoms with Crippen LogP contribution in [0.2, 0.25) is 0 Å². The Morgan fingerprint density at radius 3 is 2.95 bits per heavy atom. The summed E-state index contributed by atoms with van der Waals surface area (Å²) >= 11 is 0. The second-order valence-corrected chi connectivity index (χ2v) is 5.40. The van der Waals surface area contributed by atoms with Crippen molar-refractivity contribution in [2.24, 2.45) is 5.73 Å². The first-order valence-corrected chi connectivity index (χ1v) is 6.86. The van der Waals surface area contributed by atoms with Gasteiger partial charge in [0, 0.05) is 25.0 Å². The highest BCUT2D eigenvalue weighted by molar-refractivity contribution is 5.85. The van der Waals surface area contributed by atoms with E-state index in [4.69, 9.17) is 5.73 Å². The summed E-state index contributed by atoms with van der Waals surface area (Å²) in [5, 5.41) is 0. The molecular weight excluding hydrogens is 279 g/mol. The Morgan fingerprint density at radius 2 is 2.30 bits per heavy atom. The van der Waals surface area contributed by atoms with Crippen LogP contribution in [0, 0.1) is 5.82 Å². The maximum atomic E-state index is 13.2. The summed E-state index contributed by atoms with van der Waals surface area (Å²) in [5.74, 6) is -0.0992. The number of nitrogens with two attached hydrogens (primary N) is 1. The summed E-state index contributed by atoms with van der Waals surface area (Å²) in [4.78, 5) is 14.0. The molecule has 1 aliphatic heterocycles. The summed E-state index contributed by atoms with van der Waals surface area (Å²) in [6.45, 7) is 2.64. The zero-order chi connectivity index (χ0) is 13.8. The van der Waals surface area contributed by atoms with Gasteiger partial charge in [-0.3, -0.25) is 4.79 Å². The van der Waals surface area contributed by atoms with Gasteiger partial charge in [-0.1, -0.05) is 12.1 Å². The lowest BCUT2D eigenvalue weighted by atomic mass is 10.0. The molecular formula is C15H22ClFN2O. The molecule has 1 aliphatic rings. The van der Waals surface area contributed by atoms with Crippen molar-refractivity contribution in [3.05, 3.63) is 35.6 Å². The molecule has 0 saturated carbocycles. The van der Waals surface area contributed by atoms with Crippen LogP contribution in [0.1, 0.15) is 31.7 Å². The number of carbonyl (C=O) groups excluding carboxylic acids is 1. The number of hydrogen-bond acceptors (Lipinski definition) is 2. The van der Waals surface area contributed by atoms with E-state index < -0.39 is 0 Å². The summed E-state index contributed by atoms with van der Waals surface area (Å²) < 4.78 is 13.2. The first-order valence-electron chi connectivity index (χ1n) is 6.86. The Morgan fingerprint density at radius 1 is 1.55 bits per heavy atom. The van der Waals surface area contributed by atoms with Gasteiger partial charge >= 0.3 is 0 Å². The standard InChI is InChI=1S/C15H21FN2O.ClH/c1-11(17)8-15(19)18-7-3-6-14(18)10-12-4-2-5-13(16)9-12;/h2,4-5,9,11,14H,3,6-8,10,17H2,1H3;1H. The third kappa shape index (κ3) is 4.46. The van der Waals surface area contributed by atoms with Crippen LogP contribution >= 0.6 is 12.4 Å². The van der Waals surface area contributed by atoms with E-state index in [1.807, 2.05) is 17.9 Å². The van der Waals surface area contributed by atoms with Crippen molar-refractivity contribution >= 4 is 18.3 Å². The lowest BCUT2D eigenvalue weighted by Crippen LogP contribution is -2.39. The van der Waals surface area contributed by atoms with Crippen LogP contribution in [0.5, 0.6) is 0 Å². The van der Waals surface area contributed by atoms with Crippen molar-refractivity contribution in [3.63, 3.8) is 0 Å². The Labute approximate surface area is 125 Å². The fourth-order valence-electron chi connectivity index (χ4n) is 2.70. The van der Waals surface area contributed by atoms with Crippen molar-refractivity contribution in [1.82, 2.24) is 4.90 Å². The average molecular weight is 301 g/mol. The highest BCUT2D eigenvalue weighted by Crippen LogP contribution is 2.22. The highest BCUT2D eigenvalue weighted by Gasteiger charge is 2.28. The minimum atomic E-state index is -0.219. The largest absolute Gasteiger partial charge is 0.339 e. The molecule has 2 atom stereocenters. The number of benzene rings is 1.